The Labute approximate surface area is 100 Å². The van der Waals surface area contributed by atoms with Gasteiger partial charge in [-0.15, -0.1) is 0 Å². The molecule has 1 heterocycles. The van der Waals surface area contributed by atoms with E-state index < -0.39 is 5.97 Å². The van der Waals surface area contributed by atoms with Gasteiger partial charge >= 0.3 is 5.97 Å². The maximum atomic E-state index is 11.2. The number of unbranched alkanes of at least 4 members (excludes halogenated alkanes) is 2. The Kier molecular flexibility index (Phi) is 5.95. The molecule has 0 aliphatic carbocycles. The number of hydrogen-bond acceptors (Lipinski definition) is 6. The molecule has 0 aliphatic heterocycles. The van der Waals surface area contributed by atoms with Crippen LogP contribution in [0.25, 0.3) is 0 Å². The second kappa shape index (κ2) is 7.56. The van der Waals surface area contributed by atoms with E-state index in [0.717, 1.165) is 25.8 Å². The van der Waals surface area contributed by atoms with E-state index in [-0.39, 0.29) is 12.3 Å². The molecule has 1 aromatic rings. The minimum atomic E-state index is -0.499. The minimum Gasteiger partial charge on any atom is -0.464 e. The molecule has 0 fully saturated rings. The average molecular weight is 239 g/mol. The van der Waals surface area contributed by atoms with Crippen LogP contribution in [0.4, 0.5) is 5.82 Å². The van der Waals surface area contributed by atoms with Crippen molar-refractivity contribution in [3.63, 3.8) is 0 Å². The van der Waals surface area contributed by atoms with Crippen LogP contribution in [0.3, 0.4) is 0 Å². The van der Waals surface area contributed by atoms with Crippen molar-refractivity contribution in [2.24, 2.45) is 0 Å². The third kappa shape index (κ3) is 4.78. The van der Waals surface area contributed by atoms with E-state index in [2.05, 4.69) is 20.0 Å². The van der Waals surface area contributed by atoms with Gasteiger partial charge in [-0.2, -0.15) is 0 Å². The van der Waals surface area contributed by atoms with Crippen LogP contribution in [0, 0.1) is 0 Å². The largest absolute Gasteiger partial charge is 0.464 e. The van der Waals surface area contributed by atoms with Crippen LogP contribution in [0.15, 0.2) is 12.4 Å². The maximum Gasteiger partial charge on any atom is 0.358 e. The van der Waals surface area contributed by atoms with Crippen molar-refractivity contribution in [2.45, 2.75) is 19.3 Å². The van der Waals surface area contributed by atoms with Crippen LogP contribution >= 0.6 is 0 Å². The maximum absolute atomic E-state index is 11.2. The van der Waals surface area contributed by atoms with E-state index >= 15 is 0 Å². The standard InChI is InChI=1S/C11H17N3O3/c1-17-11(16)9-7-12-8-10(14-9)13-5-3-2-4-6-15/h7-8,15H,2-6H2,1H3,(H,13,14). The van der Waals surface area contributed by atoms with Crippen molar-refractivity contribution < 1.29 is 14.6 Å². The zero-order valence-electron chi connectivity index (χ0n) is 9.85. The van der Waals surface area contributed by atoms with Crippen LogP contribution in [0.1, 0.15) is 29.8 Å². The van der Waals surface area contributed by atoms with Gasteiger partial charge in [0.05, 0.1) is 19.5 Å². The number of anilines is 1. The Morgan fingerprint density at radius 3 is 2.94 bits per heavy atom. The third-order valence-electron chi connectivity index (χ3n) is 2.17. The van der Waals surface area contributed by atoms with Gasteiger partial charge in [-0.1, -0.05) is 0 Å². The summed E-state index contributed by atoms with van der Waals surface area (Å²) in [6.45, 7) is 0.955. The first-order chi connectivity index (χ1) is 8.27. The quantitative estimate of drug-likeness (QED) is 0.541. The highest BCUT2D eigenvalue weighted by atomic mass is 16.5. The van der Waals surface area contributed by atoms with Gasteiger partial charge < -0.3 is 15.2 Å². The van der Waals surface area contributed by atoms with Gasteiger partial charge in [0.15, 0.2) is 5.69 Å². The van der Waals surface area contributed by atoms with E-state index in [1.165, 1.54) is 13.3 Å². The fourth-order valence-corrected chi connectivity index (χ4v) is 1.28. The highest BCUT2D eigenvalue weighted by molar-refractivity contribution is 5.87. The third-order valence-corrected chi connectivity index (χ3v) is 2.17. The Bertz CT molecular complexity index is 358. The Balaban J connectivity index is 2.40. The number of nitrogens with zero attached hydrogens (tertiary/aromatic N) is 2. The molecule has 0 saturated heterocycles. The van der Waals surface area contributed by atoms with Crippen molar-refractivity contribution in [1.29, 1.82) is 0 Å². The average Bonchev–Trinajstić information content (AvgIpc) is 2.38. The smallest absolute Gasteiger partial charge is 0.358 e. The molecule has 17 heavy (non-hydrogen) atoms. The van der Waals surface area contributed by atoms with E-state index in [4.69, 9.17) is 5.11 Å². The van der Waals surface area contributed by atoms with Gasteiger partial charge in [-0.05, 0) is 19.3 Å². The molecular formula is C11H17N3O3. The minimum absolute atomic E-state index is 0.188. The molecule has 0 atom stereocenters. The van der Waals surface area contributed by atoms with Crippen LogP contribution in [-0.4, -0.2) is 41.3 Å². The van der Waals surface area contributed by atoms with Crippen molar-refractivity contribution in [2.75, 3.05) is 25.6 Å². The molecule has 1 aromatic heterocycles. The molecule has 0 aliphatic rings. The van der Waals surface area contributed by atoms with Gasteiger partial charge in [-0.25, -0.2) is 9.78 Å². The molecule has 0 saturated carbocycles. The number of ether oxygens (including phenoxy) is 1. The highest BCUT2D eigenvalue weighted by Crippen LogP contribution is 2.04. The van der Waals surface area contributed by atoms with Crippen molar-refractivity contribution in [3.8, 4) is 0 Å². The summed E-state index contributed by atoms with van der Waals surface area (Å²) in [5.41, 5.74) is 0.188. The fraction of sp³-hybridized carbons (Fsp3) is 0.545. The lowest BCUT2D eigenvalue weighted by Gasteiger charge is -2.05. The number of aromatic nitrogens is 2. The Morgan fingerprint density at radius 1 is 1.41 bits per heavy atom. The zero-order chi connectivity index (χ0) is 12.5. The summed E-state index contributed by atoms with van der Waals surface area (Å²) >= 11 is 0. The summed E-state index contributed by atoms with van der Waals surface area (Å²) in [6, 6.07) is 0. The molecule has 0 unspecified atom stereocenters. The van der Waals surface area contributed by atoms with E-state index in [1.54, 1.807) is 6.20 Å². The summed E-state index contributed by atoms with van der Waals surface area (Å²) in [5, 5.41) is 11.7. The molecule has 0 radical (unpaired) electrons. The molecule has 1 rings (SSSR count). The second-order valence-corrected chi connectivity index (χ2v) is 3.49. The second-order valence-electron chi connectivity index (χ2n) is 3.49. The number of methoxy groups -OCH3 is 1. The molecule has 0 amide bonds. The first-order valence-corrected chi connectivity index (χ1v) is 5.53. The molecule has 0 bridgehead atoms. The lowest BCUT2D eigenvalue weighted by molar-refractivity contribution is 0.0593. The molecule has 0 aromatic carbocycles. The normalized spacial score (nSPS) is 10.0. The predicted molar refractivity (Wildman–Crippen MR) is 62.8 cm³/mol. The topological polar surface area (TPSA) is 84.3 Å². The summed E-state index contributed by atoms with van der Waals surface area (Å²) in [4.78, 5) is 19.2. The number of carbonyl (C=O) groups is 1. The van der Waals surface area contributed by atoms with Crippen LogP contribution in [0.2, 0.25) is 0 Å². The van der Waals surface area contributed by atoms with Crippen molar-refractivity contribution in [1.82, 2.24) is 9.97 Å². The van der Waals surface area contributed by atoms with Crippen molar-refractivity contribution >= 4 is 11.8 Å². The number of rotatable bonds is 7. The fourth-order valence-electron chi connectivity index (χ4n) is 1.28. The van der Waals surface area contributed by atoms with Crippen LogP contribution < -0.4 is 5.32 Å². The van der Waals surface area contributed by atoms with E-state index in [0.29, 0.717) is 5.82 Å². The van der Waals surface area contributed by atoms with Gasteiger partial charge in [0, 0.05) is 13.2 Å². The van der Waals surface area contributed by atoms with Gasteiger partial charge in [0.2, 0.25) is 0 Å². The molecule has 6 heteroatoms. The lowest BCUT2D eigenvalue weighted by Crippen LogP contribution is -2.09. The number of carbonyl (C=O) groups excluding carboxylic acids is 1. The Morgan fingerprint density at radius 2 is 2.24 bits per heavy atom. The highest BCUT2D eigenvalue weighted by Gasteiger charge is 2.07. The van der Waals surface area contributed by atoms with E-state index in [1.807, 2.05) is 0 Å². The van der Waals surface area contributed by atoms with Gasteiger partial charge in [0.25, 0.3) is 0 Å². The SMILES string of the molecule is COC(=O)c1cncc(NCCCCCO)n1. The van der Waals surface area contributed by atoms with Crippen LogP contribution in [0.5, 0.6) is 0 Å². The zero-order valence-corrected chi connectivity index (χ0v) is 9.85. The summed E-state index contributed by atoms with van der Waals surface area (Å²) in [6.07, 6.45) is 5.61. The number of aliphatic hydroxyl groups excluding tert-OH is 1. The summed E-state index contributed by atoms with van der Waals surface area (Å²) in [5.74, 6) is 0.0540. The molecule has 6 nitrogen and oxygen atoms in total. The monoisotopic (exact) mass is 239 g/mol. The molecule has 94 valence electrons. The first kappa shape index (κ1) is 13.4. The number of aliphatic hydroxyl groups is 1. The molecule has 0 spiro atoms. The van der Waals surface area contributed by atoms with Gasteiger partial charge in [-0.3, -0.25) is 4.98 Å². The number of esters is 1. The lowest BCUT2D eigenvalue weighted by atomic mass is 10.2. The predicted octanol–water partition coefficient (Wildman–Crippen LogP) is 0.838. The summed E-state index contributed by atoms with van der Waals surface area (Å²) in [7, 11) is 1.30. The summed E-state index contributed by atoms with van der Waals surface area (Å²) < 4.78 is 4.55. The molecular weight excluding hydrogens is 222 g/mol. The number of nitrogens with one attached hydrogen (secondary N) is 1. The first-order valence-electron chi connectivity index (χ1n) is 5.53. The molecule has 2 N–H and O–H groups in total. The Hall–Kier alpha value is -1.69. The van der Waals surface area contributed by atoms with Crippen molar-refractivity contribution in [3.05, 3.63) is 18.1 Å². The van der Waals surface area contributed by atoms with Crippen LogP contribution in [-0.2, 0) is 4.74 Å². The van der Waals surface area contributed by atoms with Gasteiger partial charge in [0.1, 0.15) is 5.82 Å². The van der Waals surface area contributed by atoms with E-state index in [9.17, 15) is 4.79 Å². The number of hydrogen-bond donors (Lipinski definition) is 2.